The number of hydrogen-bond donors (Lipinski definition) is 1. The smallest absolute Gasteiger partial charge is 0.158 e. The fourth-order valence-corrected chi connectivity index (χ4v) is 1.51. The summed E-state index contributed by atoms with van der Waals surface area (Å²) in [5, 5.41) is 5.01. The van der Waals surface area contributed by atoms with Gasteiger partial charge in [-0.1, -0.05) is 18.2 Å². The highest BCUT2D eigenvalue weighted by atomic mass is 16.3. The molecule has 0 amide bonds. The summed E-state index contributed by atoms with van der Waals surface area (Å²) in [6, 6.07) is 9.63. The molecule has 1 unspecified atom stereocenters. The summed E-state index contributed by atoms with van der Waals surface area (Å²) in [6.07, 6.45) is 1.90. The van der Waals surface area contributed by atoms with Gasteiger partial charge in [-0.3, -0.25) is 15.1 Å². The van der Waals surface area contributed by atoms with Gasteiger partial charge in [-0.15, -0.1) is 0 Å². The van der Waals surface area contributed by atoms with Crippen LogP contribution in [0.2, 0.25) is 0 Å². The Morgan fingerprint density at radius 1 is 1.39 bits per heavy atom. The Bertz CT molecular complexity index is 527. The van der Waals surface area contributed by atoms with Crippen LogP contribution in [0.25, 0.3) is 11.0 Å². The normalized spacial score (nSPS) is 13.3. The van der Waals surface area contributed by atoms with Crippen molar-refractivity contribution in [1.29, 1.82) is 0 Å². The summed E-state index contributed by atoms with van der Waals surface area (Å²) < 4.78 is 5.55. The third-order valence-electron chi connectivity index (χ3n) is 2.53. The topological polar surface area (TPSA) is 57.8 Å². The van der Waals surface area contributed by atoms with Crippen LogP contribution in [-0.2, 0) is 4.79 Å². The number of hydrogen-bond acceptors (Lipinski definition) is 5. The minimum absolute atomic E-state index is 0.439. The molecule has 1 atom stereocenters. The molecule has 1 aromatic carbocycles. The van der Waals surface area contributed by atoms with E-state index in [1.54, 1.807) is 25.2 Å². The standard InChI is InChI=1S/C13H15N3O2/c1-16(2)13(9-17)15-14-8-11-7-10-5-3-4-6-12(10)18-11/h3-9,13,15H,1-2H3/b14-8+. The van der Waals surface area contributed by atoms with Gasteiger partial charge in [0.25, 0.3) is 0 Å². The largest absolute Gasteiger partial charge is 0.455 e. The number of fused-ring (bicyclic) bond motifs is 1. The zero-order valence-corrected chi connectivity index (χ0v) is 10.3. The molecule has 0 aliphatic rings. The number of para-hydroxylation sites is 1. The van der Waals surface area contributed by atoms with Crippen LogP contribution in [0.1, 0.15) is 5.76 Å². The quantitative estimate of drug-likeness (QED) is 0.375. The summed E-state index contributed by atoms with van der Waals surface area (Å²) in [6.45, 7) is 0. The van der Waals surface area contributed by atoms with Crippen LogP contribution in [0.3, 0.4) is 0 Å². The summed E-state index contributed by atoms with van der Waals surface area (Å²) in [5.74, 6) is 0.645. The number of nitrogens with one attached hydrogen (secondary N) is 1. The van der Waals surface area contributed by atoms with Crippen molar-refractivity contribution in [3.63, 3.8) is 0 Å². The van der Waals surface area contributed by atoms with Crippen LogP contribution in [0.5, 0.6) is 0 Å². The molecule has 94 valence electrons. The highest BCUT2D eigenvalue weighted by Gasteiger charge is 2.06. The second-order valence-corrected chi connectivity index (χ2v) is 4.12. The molecule has 0 aliphatic carbocycles. The molecular weight excluding hydrogens is 230 g/mol. The Balaban J connectivity index is 2.06. The van der Waals surface area contributed by atoms with Crippen molar-refractivity contribution in [2.45, 2.75) is 6.17 Å². The Labute approximate surface area is 105 Å². The van der Waals surface area contributed by atoms with Gasteiger partial charge in [0.2, 0.25) is 0 Å². The lowest BCUT2D eigenvalue weighted by Crippen LogP contribution is -2.39. The summed E-state index contributed by atoms with van der Waals surface area (Å²) in [7, 11) is 3.59. The van der Waals surface area contributed by atoms with E-state index in [4.69, 9.17) is 4.42 Å². The first-order valence-corrected chi connectivity index (χ1v) is 5.59. The number of furan rings is 1. The van der Waals surface area contributed by atoms with Crippen molar-refractivity contribution in [3.8, 4) is 0 Å². The van der Waals surface area contributed by atoms with Gasteiger partial charge in [-0.05, 0) is 26.2 Å². The molecule has 0 radical (unpaired) electrons. The second kappa shape index (κ2) is 5.46. The number of carbonyl (C=O) groups excluding carboxylic acids is 1. The molecule has 5 nitrogen and oxygen atoms in total. The maximum Gasteiger partial charge on any atom is 0.158 e. The first-order chi connectivity index (χ1) is 8.70. The molecule has 2 rings (SSSR count). The molecule has 0 saturated heterocycles. The van der Waals surface area contributed by atoms with Gasteiger partial charge in [0.05, 0.1) is 6.21 Å². The van der Waals surface area contributed by atoms with Gasteiger partial charge in [0.1, 0.15) is 11.3 Å². The van der Waals surface area contributed by atoms with Crippen molar-refractivity contribution in [2.24, 2.45) is 5.10 Å². The van der Waals surface area contributed by atoms with E-state index in [9.17, 15) is 4.79 Å². The molecule has 1 aromatic heterocycles. The fourth-order valence-electron chi connectivity index (χ4n) is 1.51. The highest BCUT2D eigenvalue weighted by Crippen LogP contribution is 2.17. The first kappa shape index (κ1) is 12.3. The van der Waals surface area contributed by atoms with Gasteiger partial charge in [0, 0.05) is 5.39 Å². The number of hydrazone groups is 1. The van der Waals surface area contributed by atoms with Crippen molar-refractivity contribution >= 4 is 23.5 Å². The van der Waals surface area contributed by atoms with Crippen molar-refractivity contribution in [3.05, 3.63) is 36.1 Å². The van der Waals surface area contributed by atoms with E-state index < -0.39 is 6.17 Å². The molecule has 5 heteroatoms. The highest BCUT2D eigenvalue weighted by molar-refractivity contribution is 5.86. The zero-order chi connectivity index (χ0) is 13.0. The molecule has 0 spiro atoms. The minimum Gasteiger partial charge on any atom is -0.455 e. The lowest BCUT2D eigenvalue weighted by atomic mass is 10.2. The van der Waals surface area contributed by atoms with Crippen molar-refractivity contribution in [2.75, 3.05) is 14.1 Å². The molecule has 2 aromatic rings. The Morgan fingerprint density at radius 2 is 2.17 bits per heavy atom. The molecule has 1 N–H and O–H groups in total. The molecule has 18 heavy (non-hydrogen) atoms. The van der Waals surface area contributed by atoms with Crippen molar-refractivity contribution in [1.82, 2.24) is 10.3 Å². The second-order valence-electron chi connectivity index (χ2n) is 4.12. The van der Waals surface area contributed by atoms with Gasteiger partial charge in [-0.2, -0.15) is 5.10 Å². The maximum atomic E-state index is 10.7. The number of aldehydes is 1. The Hall–Kier alpha value is -2.14. The molecule has 1 heterocycles. The van der Waals surface area contributed by atoms with E-state index in [2.05, 4.69) is 10.5 Å². The van der Waals surface area contributed by atoms with E-state index in [1.807, 2.05) is 30.3 Å². The SMILES string of the molecule is CN(C)C(C=O)N/N=C/c1cc2ccccc2o1. The summed E-state index contributed by atoms with van der Waals surface area (Å²) in [4.78, 5) is 12.5. The Kier molecular flexibility index (Phi) is 3.74. The van der Waals surface area contributed by atoms with Gasteiger partial charge in [-0.25, -0.2) is 0 Å². The summed E-state index contributed by atoms with van der Waals surface area (Å²) in [5.41, 5.74) is 3.55. The third-order valence-corrected chi connectivity index (χ3v) is 2.53. The maximum absolute atomic E-state index is 10.7. The van der Waals surface area contributed by atoms with Crippen LogP contribution in [-0.4, -0.2) is 37.7 Å². The average molecular weight is 245 g/mol. The Morgan fingerprint density at radius 3 is 2.83 bits per heavy atom. The van der Waals surface area contributed by atoms with Crippen LogP contribution < -0.4 is 5.43 Å². The number of likely N-dealkylation sites (N-methyl/N-ethyl adjacent to an activating group) is 1. The van der Waals surface area contributed by atoms with E-state index in [1.165, 1.54) is 0 Å². The number of nitrogens with zero attached hydrogens (tertiary/aromatic N) is 2. The van der Waals surface area contributed by atoms with E-state index in [0.717, 1.165) is 17.3 Å². The molecule has 0 saturated carbocycles. The van der Waals surface area contributed by atoms with Gasteiger partial charge in [0.15, 0.2) is 12.5 Å². The third kappa shape index (κ3) is 2.75. The lowest BCUT2D eigenvalue weighted by molar-refractivity contribution is -0.112. The van der Waals surface area contributed by atoms with Crippen LogP contribution >= 0.6 is 0 Å². The minimum atomic E-state index is -0.439. The molecule has 0 bridgehead atoms. The van der Waals surface area contributed by atoms with Crippen LogP contribution in [0.4, 0.5) is 0 Å². The van der Waals surface area contributed by atoms with E-state index >= 15 is 0 Å². The average Bonchev–Trinajstić information content (AvgIpc) is 2.76. The molecular formula is C13H15N3O2. The predicted molar refractivity (Wildman–Crippen MR) is 70.5 cm³/mol. The van der Waals surface area contributed by atoms with E-state index in [0.29, 0.717) is 5.76 Å². The molecule has 0 fully saturated rings. The fraction of sp³-hybridized carbons (Fsp3) is 0.231. The monoisotopic (exact) mass is 245 g/mol. The van der Waals surface area contributed by atoms with Crippen LogP contribution in [0, 0.1) is 0 Å². The lowest BCUT2D eigenvalue weighted by Gasteiger charge is -2.16. The summed E-state index contributed by atoms with van der Waals surface area (Å²) >= 11 is 0. The number of rotatable bonds is 5. The van der Waals surface area contributed by atoms with Gasteiger partial charge >= 0.3 is 0 Å². The molecule has 0 aliphatic heterocycles. The van der Waals surface area contributed by atoms with Crippen molar-refractivity contribution < 1.29 is 9.21 Å². The van der Waals surface area contributed by atoms with Gasteiger partial charge < -0.3 is 4.42 Å². The number of carbonyl (C=O) groups is 1. The van der Waals surface area contributed by atoms with E-state index in [-0.39, 0.29) is 0 Å². The predicted octanol–water partition coefficient (Wildman–Crippen LogP) is 1.44. The number of benzene rings is 1. The first-order valence-electron chi connectivity index (χ1n) is 5.59. The van der Waals surface area contributed by atoms with Crippen LogP contribution in [0.15, 0.2) is 39.9 Å². The zero-order valence-electron chi connectivity index (χ0n) is 10.3.